The summed E-state index contributed by atoms with van der Waals surface area (Å²) in [6, 6.07) is 40.4. The third-order valence-corrected chi connectivity index (χ3v) is 17.7. The van der Waals surface area contributed by atoms with Crippen LogP contribution in [0.5, 0.6) is 0 Å². The number of fused-ring (bicyclic) bond motifs is 2. The smallest absolute Gasteiger partial charge is 0.266 e. The molecular weight excluding hydrogens is 1000 g/mol. The van der Waals surface area contributed by atoms with Gasteiger partial charge in [-0.3, -0.25) is 19.2 Å². The van der Waals surface area contributed by atoms with Crippen molar-refractivity contribution in [2.24, 2.45) is 0 Å². The van der Waals surface area contributed by atoms with E-state index in [2.05, 4.69) is 205 Å². The molecule has 0 radical (unpaired) electrons. The molecule has 6 heteroatoms. The molecule has 0 aliphatic carbocycles. The minimum Gasteiger partial charge on any atom is -0.268 e. The van der Waals surface area contributed by atoms with Crippen molar-refractivity contribution < 1.29 is 19.2 Å². The first kappa shape index (κ1) is 56.3. The highest BCUT2D eigenvalue weighted by Gasteiger charge is 2.43. The van der Waals surface area contributed by atoms with E-state index in [1.54, 1.807) is 0 Å². The summed E-state index contributed by atoms with van der Waals surface area (Å²) in [6.45, 7) is 43.6. The highest BCUT2D eigenvalue weighted by molar-refractivity contribution is 6.48. The Kier molecular flexibility index (Phi) is 13.0. The van der Waals surface area contributed by atoms with Gasteiger partial charge in [-0.15, -0.1) is 0 Å². The second-order valence-corrected chi connectivity index (χ2v) is 29.0. The summed E-state index contributed by atoms with van der Waals surface area (Å²) < 4.78 is 0. The Bertz CT molecular complexity index is 3840. The van der Waals surface area contributed by atoms with Crippen LogP contribution in [0, 0.1) is 12.1 Å². The average molecular weight is 1090 g/mol. The van der Waals surface area contributed by atoms with Crippen molar-refractivity contribution in [2.45, 2.75) is 184 Å². The van der Waals surface area contributed by atoms with Crippen LogP contribution in [0.2, 0.25) is 0 Å². The number of para-hydroxylation sites is 1. The van der Waals surface area contributed by atoms with Crippen LogP contribution in [0.25, 0.3) is 65.3 Å². The quantitative estimate of drug-likeness (QED) is 0.0863. The van der Waals surface area contributed by atoms with Gasteiger partial charge in [0.05, 0.1) is 11.4 Å². The number of carbonyl (C=O) groups excluding carboxylic acids is 4. The van der Waals surface area contributed by atoms with Crippen LogP contribution in [0.1, 0.15) is 248 Å². The lowest BCUT2D eigenvalue weighted by Gasteiger charge is -2.34. The Morgan fingerprint density at radius 1 is 0.354 bits per heavy atom. The van der Waals surface area contributed by atoms with Gasteiger partial charge in [0.1, 0.15) is 0 Å². The average Bonchev–Trinajstić information content (AvgIpc) is 2.24. The second-order valence-electron chi connectivity index (χ2n) is 29.0. The molecule has 0 unspecified atom stereocenters. The van der Waals surface area contributed by atoms with E-state index >= 15 is 19.2 Å². The zero-order valence-electron chi connectivity index (χ0n) is 52.1. The van der Waals surface area contributed by atoms with Crippen molar-refractivity contribution in [1.82, 2.24) is 0 Å². The van der Waals surface area contributed by atoms with E-state index in [1.165, 1.54) is 9.80 Å². The predicted molar refractivity (Wildman–Crippen MR) is 343 cm³/mol. The highest BCUT2D eigenvalue weighted by atomic mass is 16.2. The predicted octanol–water partition coefficient (Wildman–Crippen LogP) is 20.0. The zero-order chi connectivity index (χ0) is 59.5. The lowest BCUT2D eigenvalue weighted by molar-refractivity contribution is 0.0877. The van der Waals surface area contributed by atoms with Crippen LogP contribution in [-0.4, -0.2) is 23.6 Å². The molecule has 9 aromatic carbocycles. The van der Waals surface area contributed by atoms with E-state index in [4.69, 9.17) is 0 Å². The molecule has 0 N–H and O–H groups in total. The maximum absolute atomic E-state index is 16.2. The number of amides is 4. The van der Waals surface area contributed by atoms with Gasteiger partial charge < -0.3 is 0 Å². The van der Waals surface area contributed by atoms with E-state index in [-0.39, 0.29) is 57.1 Å². The molecule has 2 aliphatic heterocycles. The van der Waals surface area contributed by atoms with Gasteiger partial charge >= 0.3 is 0 Å². The summed E-state index contributed by atoms with van der Waals surface area (Å²) >= 11 is 0. The van der Waals surface area contributed by atoms with Gasteiger partial charge in [-0.05, 0) is 169 Å². The highest BCUT2D eigenvalue weighted by Crippen LogP contribution is 2.54. The molecule has 9 aromatic rings. The number of rotatable bonds is 8. The van der Waals surface area contributed by atoms with Crippen LogP contribution < -0.4 is 9.80 Å². The second kappa shape index (κ2) is 19.0. The molecule has 0 saturated heterocycles. The van der Waals surface area contributed by atoms with Crippen molar-refractivity contribution in [1.29, 1.82) is 0 Å². The summed E-state index contributed by atoms with van der Waals surface area (Å²) in [5, 5.41) is 6.21. The van der Waals surface area contributed by atoms with Gasteiger partial charge in [0.2, 0.25) is 0 Å². The van der Waals surface area contributed by atoms with Crippen LogP contribution in [0.4, 0.5) is 11.4 Å². The van der Waals surface area contributed by atoms with Crippen LogP contribution >= 0.6 is 0 Å². The van der Waals surface area contributed by atoms with Crippen LogP contribution in [0.3, 0.4) is 0 Å². The molecule has 0 spiro atoms. The molecule has 2 aliphatic rings. The molecular formula is C76H80N2O4. The van der Waals surface area contributed by atoms with Crippen LogP contribution in [-0.2, 0) is 21.7 Å². The fourth-order valence-electron chi connectivity index (χ4n) is 13.0. The maximum Gasteiger partial charge on any atom is 0.266 e. The van der Waals surface area contributed by atoms with Crippen molar-refractivity contribution in [2.75, 3.05) is 9.80 Å². The minimum absolute atomic E-state index is 0.0232. The van der Waals surface area contributed by atoms with Crippen molar-refractivity contribution >= 4 is 78.1 Å². The van der Waals surface area contributed by atoms with Crippen LogP contribution in [0.15, 0.2) is 97.1 Å². The number of hydrogen-bond donors (Lipinski definition) is 0. The molecule has 418 valence electrons. The van der Waals surface area contributed by atoms with Gasteiger partial charge in [0, 0.05) is 38.6 Å². The number of imide groups is 2. The van der Waals surface area contributed by atoms with E-state index in [0.29, 0.717) is 44.4 Å². The maximum atomic E-state index is 16.2. The summed E-state index contributed by atoms with van der Waals surface area (Å²) in [6.07, 6.45) is 0. The van der Waals surface area contributed by atoms with Gasteiger partial charge in [-0.2, -0.15) is 0 Å². The number of hydrogen-bond acceptors (Lipinski definition) is 4. The first-order chi connectivity index (χ1) is 38.2. The van der Waals surface area contributed by atoms with E-state index in [9.17, 15) is 0 Å². The van der Waals surface area contributed by atoms with E-state index in [1.807, 2.05) is 42.5 Å². The summed E-state index contributed by atoms with van der Waals surface area (Å²) in [5.74, 6) is -1.55. The monoisotopic (exact) mass is 1080 g/mol. The molecule has 0 atom stereocenters. The fraction of sp³-hybridized carbons (Fsp3) is 0.368. The Labute approximate surface area is 486 Å². The minimum atomic E-state index is -0.392. The Morgan fingerprint density at radius 3 is 1.05 bits per heavy atom. The summed E-state index contributed by atoms with van der Waals surface area (Å²) in [4.78, 5) is 67.0. The molecule has 0 fully saturated rings. The van der Waals surface area contributed by atoms with Gasteiger partial charge in [-0.1, -0.05) is 217 Å². The zero-order valence-corrected chi connectivity index (χ0v) is 52.1. The first-order valence-electron chi connectivity index (χ1n) is 29.7. The third-order valence-electron chi connectivity index (χ3n) is 17.7. The topological polar surface area (TPSA) is 74.8 Å². The third kappa shape index (κ3) is 8.66. The molecule has 11 rings (SSSR count). The summed E-state index contributed by atoms with van der Waals surface area (Å²) in [5.41, 5.74) is 13.7. The molecule has 6 nitrogen and oxygen atoms in total. The lowest BCUT2D eigenvalue weighted by atomic mass is 9.75. The number of nitrogens with zero attached hydrogens (tertiary/aromatic N) is 2. The van der Waals surface area contributed by atoms with Crippen molar-refractivity contribution in [3.63, 3.8) is 0 Å². The van der Waals surface area contributed by atoms with Gasteiger partial charge in [0.15, 0.2) is 0 Å². The largest absolute Gasteiger partial charge is 0.268 e. The van der Waals surface area contributed by atoms with Crippen molar-refractivity contribution in [3.05, 3.63) is 176 Å². The SMILES string of the molecule is CC(C)c1c#ccc(C(C)C)c1N1C(=O)c2ccc3c4c(-c5cc(C(C)(C)C)cc(C(C)(C)C)c5)cc5c6c(ccc(c7c(-c8cc(C(C)(C)C)cc(C(C)(C)C)c8)cc(c2c37)C1=O)c64)C(=O)N(c1c(C(C)C)cccc1C(C)C)C5=O. The number of anilines is 2. The first-order valence-corrected chi connectivity index (χ1v) is 29.7. The van der Waals surface area contributed by atoms with E-state index in [0.717, 1.165) is 99.1 Å². The Balaban J connectivity index is 1.38. The standard InChI is InChI=1S/C76H80N2O4/c1-39(2)49-23-21-24-50(40(3)4)67(49)77-69(79)55-29-27-53-62-58(44-33-47(75(15,16)17)36-48(34-44)76(18,19)20)38-60-64-56(70(80)78(72(60)82)68-51(41(5)6)25-22-26-52(68)42(7)8)30-28-54(66(62)64)61-57(37-59(71(77)81)63(55)65(53)61)43-31-45(73(9,10)11)35-46(32-43)74(12,13)14/h21,23-25,27-42H,1-20H3. The summed E-state index contributed by atoms with van der Waals surface area (Å²) in [7, 11) is 0. The molecule has 2 heterocycles. The lowest BCUT2D eigenvalue weighted by Crippen LogP contribution is -2.42. The molecule has 0 bridgehead atoms. The Hall–Kier alpha value is -7.62. The molecule has 0 saturated carbocycles. The molecule has 4 amide bonds. The fourth-order valence-corrected chi connectivity index (χ4v) is 13.0. The van der Waals surface area contributed by atoms with Gasteiger partial charge in [-0.25, -0.2) is 9.80 Å². The normalized spacial score (nSPS) is 14.5. The molecule has 82 heavy (non-hydrogen) atoms. The van der Waals surface area contributed by atoms with Crippen molar-refractivity contribution in [3.8, 4) is 22.3 Å². The number of benzene rings is 8. The van der Waals surface area contributed by atoms with Gasteiger partial charge in [0.25, 0.3) is 23.6 Å². The van der Waals surface area contributed by atoms with E-state index < -0.39 is 11.8 Å². The Morgan fingerprint density at radius 2 is 0.707 bits per heavy atom. The number of carbonyl (C=O) groups is 4. The molecule has 0 aromatic heterocycles.